The fraction of sp³-hybridized carbons (Fsp3) is 0.111. The van der Waals surface area contributed by atoms with Gasteiger partial charge in [0.25, 0.3) is 11.7 Å². The van der Waals surface area contributed by atoms with E-state index in [-0.39, 0.29) is 62.6 Å². The molecule has 0 unspecified atom stereocenters. The molecule has 0 saturated carbocycles. The fourth-order valence-electron chi connectivity index (χ4n) is 1.69. The summed E-state index contributed by atoms with van der Waals surface area (Å²) in [6, 6.07) is 4.31. The molecule has 0 bridgehead atoms. The second-order valence-corrected chi connectivity index (χ2v) is 4.44. The average Bonchev–Trinajstić information content (AvgIpc) is 2.43. The molecule has 3 nitrogen and oxygen atoms in total. The first kappa shape index (κ1) is 16.4. The maximum absolute atomic E-state index is 12.3. The summed E-state index contributed by atoms with van der Waals surface area (Å²) in [5.41, 5.74) is 0.00567. The Labute approximate surface area is 152 Å². The number of Topliss-reactive ketones (excluding diaryl/α,β-unsaturated/α-hetero) is 1. The van der Waals surface area contributed by atoms with Crippen LogP contribution in [0.15, 0.2) is 22.7 Å². The Hall–Kier alpha value is 0.331. The monoisotopic (exact) mass is 345 g/mol. The molecule has 1 aromatic carbocycles. The van der Waals surface area contributed by atoms with Crippen molar-refractivity contribution in [1.29, 1.82) is 0 Å². The molecule has 1 heterocycles. The van der Waals surface area contributed by atoms with Crippen molar-refractivity contribution in [3.63, 3.8) is 0 Å². The van der Waals surface area contributed by atoms with Crippen LogP contribution in [0.1, 0.15) is 10.4 Å². The van der Waals surface area contributed by atoms with E-state index in [4.69, 9.17) is 0 Å². The molecule has 0 fully saturated rings. The molecule has 1 aromatic rings. The molecule has 0 aliphatic carbocycles. The van der Waals surface area contributed by atoms with Gasteiger partial charge in [0.1, 0.15) is 0 Å². The third-order valence-corrected chi connectivity index (χ3v) is 3.00. The predicted molar refractivity (Wildman–Crippen MR) is 59.9 cm³/mol. The number of nitrogens with zero attached hydrogens (tertiary/aromatic N) is 1. The van der Waals surface area contributed by atoms with Crippen molar-refractivity contribution in [3.05, 3.63) is 28.2 Å². The summed E-state index contributed by atoms with van der Waals surface area (Å²) < 4.78 is 37.4. The smallest absolute Gasteiger partial charge is 0.448 e. The number of rotatable bonds is 2. The number of benzene rings is 1. The number of halogens is 4. The molecule has 0 aromatic heterocycles. The van der Waals surface area contributed by atoms with E-state index in [0.29, 0.717) is 9.37 Å². The van der Waals surface area contributed by atoms with Crippen LogP contribution in [-0.2, 0) is 4.79 Å². The van der Waals surface area contributed by atoms with Gasteiger partial charge >= 0.3 is 58.4 Å². The number of amides is 1. The zero-order chi connectivity index (χ0) is 12.8. The van der Waals surface area contributed by atoms with E-state index in [0.717, 1.165) is 0 Å². The number of ketones is 1. The molecular weight excluding hydrogens is 341 g/mol. The molecule has 90 valence electrons. The van der Waals surface area contributed by atoms with Crippen LogP contribution in [0, 0.1) is 0 Å². The van der Waals surface area contributed by atoms with Crippen LogP contribution >= 0.6 is 15.9 Å². The van der Waals surface area contributed by atoms with Crippen LogP contribution in [0.5, 0.6) is 0 Å². The van der Waals surface area contributed by atoms with Gasteiger partial charge in [-0.15, -0.1) is 0 Å². The molecule has 0 atom stereocenters. The number of hydrogen-bond donors (Lipinski definition) is 0. The molecule has 0 N–H and O–H groups in total. The molecule has 0 radical (unpaired) electrons. The summed E-state index contributed by atoms with van der Waals surface area (Å²) in [7, 11) is 0. The first-order valence-electron chi connectivity index (χ1n) is 4.67. The van der Waals surface area contributed by atoms with E-state index in [1.807, 2.05) is 0 Å². The first-order chi connectivity index (χ1) is 7.81. The standard InChI is InChI=1S/C9H5BBrF3NO2.K/c11-5-2-1-3-6-7(5)8(16)9(17)15(6)4-10(12,13)14;/h1-3H,4H2;/q-1;+1. The second kappa shape index (κ2) is 5.76. The summed E-state index contributed by atoms with van der Waals surface area (Å²) in [4.78, 5) is 23.5. The molecule has 1 amide bonds. The van der Waals surface area contributed by atoms with Crippen molar-refractivity contribution in [2.45, 2.75) is 0 Å². The van der Waals surface area contributed by atoms with E-state index < -0.39 is 25.1 Å². The van der Waals surface area contributed by atoms with E-state index in [2.05, 4.69) is 15.9 Å². The van der Waals surface area contributed by atoms with Crippen molar-refractivity contribution in [3.8, 4) is 0 Å². The molecular formula is C9H5BBrF3KNO2. The Morgan fingerprint density at radius 3 is 2.39 bits per heavy atom. The van der Waals surface area contributed by atoms with E-state index in [1.165, 1.54) is 18.2 Å². The third-order valence-electron chi connectivity index (χ3n) is 2.34. The number of hydrogen-bond acceptors (Lipinski definition) is 2. The van der Waals surface area contributed by atoms with Crippen LogP contribution in [0.25, 0.3) is 0 Å². The molecule has 9 heteroatoms. The topological polar surface area (TPSA) is 37.4 Å². The predicted octanol–water partition coefficient (Wildman–Crippen LogP) is -0.631. The number of fused-ring (bicyclic) bond motifs is 1. The Bertz CT molecular complexity index is 523. The van der Waals surface area contributed by atoms with E-state index >= 15 is 0 Å². The second-order valence-electron chi connectivity index (χ2n) is 3.59. The molecule has 0 saturated heterocycles. The fourth-order valence-corrected chi connectivity index (χ4v) is 2.23. The molecule has 2 rings (SSSR count). The summed E-state index contributed by atoms with van der Waals surface area (Å²) in [5.74, 6) is -2.04. The summed E-state index contributed by atoms with van der Waals surface area (Å²) in [5, 5.41) is 0. The molecule has 18 heavy (non-hydrogen) atoms. The van der Waals surface area contributed by atoms with E-state index in [9.17, 15) is 22.5 Å². The van der Waals surface area contributed by atoms with Gasteiger partial charge in [0, 0.05) is 4.47 Å². The SMILES string of the molecule is O=C1C(=O)N(C[B-](F)(F)F)c2cccc(Br)c21.[K+]. The quantitative estimate of drug-likeness (QED) is 0.528. The van der Waals surface area contributed by atoms with Gasteiger partial charge in [-0.3, -0.25) is 9.59 Å². The largest absolute Gasteiger partial charge is 1.00 e. The number of carbonyl (C=O) groups excluding carboxylic acids is 2. The van der Waals surface area contributed by atoms with Gasteiger partial charge < -0.3 is 17.8 Å². The van der Waals surface area contributed by atoms with E-state index in [1.54, 1.807) is 0 Å². The maximum Gasteiger partial charge on any atom is 1.00 e. The van der Waals surface area contributed by atoms with Crippen LogP contribution in [-0.4, -0.2) is 25.1 Å². The van der Waals surface area contributed by atoms with Gasteiger partial charge in [0.15, 0.2) is 0 Å². The summed E-state index contributed by atoms with van der Waals surface area (Å²) in [6.45, 7) is -5.17. The normalized spacial score (nSPS) is 14.6. The summed E-state index contributed by atoms with van der Waals surface area (Å²) >= 11 is 3.05. The maximum atomic E-state index is 12.3. The number of anilines is 1. The zero-order valence-corrected chi connectivity index (χ0v) is 14.0. The third kappa shape index (κ3) is 3.08. The zero-order valence-electron chi connectivity index (χ0n) is 9.29. The van der Waals surface area contributed by atoms with Crippen LogP contribution < -0.4 is 56.3 Å². The van der Waals surface area contributed by atoms with Gasteiger partial charge in [-0.2, -0.15) is 0 Å². The van der Waals surface area contributed by atoms with Crippen molar-refractivity contribution in [2.24, 2.45) is 0 Å². The minimum absolute atomic E-state index is 0. The Balaban J connectivity index is 0.00000162. The Morgan fingerprint density at radius 1 is 1.22 bits per heavy atom. The van der Waals surface area contributed by atoms with Gasteiger partial charge in [0.2, 0.25) is 0 Å². The first-order valence-corrected chi connectivity index (χ1v) is 5.46. The van der Waals surface area contributed by atoms with Gasteiger partial charge in [-0.1, -0.05) is 6.07 Å². The minimum atomic E-state index is -5.17. The average molecular weight is 346 g/mol. The Kier molecular flexibility index (Phi) is 5.24. The molecule has 1 aliphatic heterocycles. The van der Waals surface area contributed by atoms with Crippen molar-refractivity contribution < 1.29 is 73.9 Å². The molecule has 1 aliphatic rings. The number of carbonyl (C=O) groups is 2. The van der Waals surface area contributed by atoms with Crippen molar-refractivity contribution in [1.82, 2.24) is 0 Å². The van der Waals surface area contributed by atoms with Crippen LogP contribution in [0.2, 0.25) is 0 Å². The summed E-state index contributed by atoms with van der Waals surface area (Å²) in [6.07, 6.45) is -1.39. The van der Waals surface area contributed by atoms with Crippen molar-refractivity contribution >= 4 is 40.3 Å². The van der Waals surface area contributed by atoms with Crippen LogP contribution in [0.4, 0.5) is 18.6 Å². The van der Waals surface area contributed by atoms with Gasteiger partial charge in [0.05, 0.1) is 11.3 Å². The van der Waals surface area contributed by atoms with Crippen molar-refractivity contribution in [2.75, 3.05) is 11.3 Å². The minimum Gasteiger partial charge on any atom is -0.448 e. The van der Waals surface area contributed by atoms with Crippen LogP contribution in [0.3, 0.4) is 0 Å². The van der Waals surface area contributed by atoms with Gasteiger partial charge in [-0.05, 0) is 34.5 Å². The molecule has 0 spiro atoms. The Morgan fingerprint density at radius 2 is 1.83 bits per heavy atom. The van der Waals surface area contributed by atoms with Gasteiger partial charge in [-0.25, -0.2) is 0 Å².